The number of imidazole rings is 1. The molecule has 2 nitrogen and oxygen atoms in total. The molecule has 0 fully saturated rings. The lowest BCUT2D eigenvalue weighted by atomic mass is 10.2. The van der Waals surface area contributed by atoms with Crippen molar-refractivity contribution in [2.45, 2.75) is 6.92 Å². The van der Waals surface area contributed by atoms with Crippen molar-refractivity contribution < 1.29 is 0 Å². The Hall–Kier alpha value is -0.610. The maximum atomic E-state index is 4.11. The van der Waals surface area contributed by atoms with Gasteiger partial charge in [0.05, 0.1) is 0 Å². The molecule has 72 valence electrons. The molecular formula is C10H8Br2N2. The number of aromatic nitrogens is 2. The van der Waals surface area contributed by atoms with Gasteiger partial charge in [-0.3, -0.25) is 0 Å². The van der Waals surface area contributed by atoms with Gasteiger partial charge in [-0.1, -0.05) is 22.0 Å². The van der Waals surface area contributed by atoms with Gasteiger partial charge in [0, 0.05) is 16.4 Å². The summed E-state index contributed by atoms with van der Waals surface area (Å²) in [5, 5.41) is 0. The second-order valence-electron chi connectivity index (χ2n) is 3.04. The van der Waals surface area contributed by atoms with Crippen molar-refractivity contribution in [1.29, 1.82) is 0 Å². The molecule has 2 rings (SSSR count). The molecule has 0 bridgehead atoms. The standard InChI is InChI=1S/C10H8Br2N2/c1-7-2-3-8(4-9(7)11)14-5-10(12)13-6-14/h2-6H,1H3. The van der Waals surface area contributed by atoms with E-state index in [1.807, 2.05) is 10.8 Å². The fourth-order valence-electron chi connectivity index (χ4n) is 1.18. The van der Waals surface area contributed by atoms with E-state index in [4.69, 9.17) is 0 Å². The quantitative estimate of drug-likeness (QED) is 0.784. The second-order valence-corrected chi connectivity index (χ2v) is 4.70. The normalized spacial score (nSPS) is 10.5. The summed E-state index contributed by atoms with van der Waals surface area (Å²) in [5.41, 5.74) is 2.33. The summed E-state index contributed by atoms with van der Waals surface area (Å²) in [5.74, 6) is 0. The lowest BCUT2D eigenvalue weighted by Crippen LogP contribution is -1.90. The first-order valence-electron chi connectivity index (χ1n) is 4.13. The van der Waals surface area contributed by atoms with E-state index in [0.717, 1.165) is 14.8 Å². The SMILES string of the molecule is Cc1ccc(-n2cnc(Br)c2)cc1Br. The lowest BCUT2D eigenvalue weighted by molar-refractivity contribution is 1.05. The highest BCUT2D eigenvalue weighted by molar-refractivity contribution is 9.10. The van der Waals surface area contributed by atoms with Gasteiger partial charge < -0.3 is 4.57 Å². The van der Waals surface area contributed by atoms with Crippen molar-refractivity contribution in [3.63, 3.8) is 0 Å². The van der Waals surface area contributed by atoms with Crippen LogP contribution >= 0.6 is 31.9 Å². The predicted octanol–water partition coefficient (Wildman–Crippen LogP) is 3.71. The Balaban J connectivity index is 2.47. The second kappa shape index (κ2) is 3.87. The molecule has 0 aliphatic carbocycles. The summed E-state index contributed by atoms with van der Waals surface area (Å²) in [4.78, 5) is 4.11. The van der Waals surface area contributed by atoms with Gasteiger partial charge in [0.1, 0.15) is 10.9 Å². The highest BCUT2D eigenvalue weighted by Gasteiger charge is 2.00. The zero-order chi connectivity index (χ0) is 10.1. The van der Waals surface area contributed by atoms with Crippen molar-refractivity contribution in [3.8, 4) is 5.69 Å². The Morgan fingerprint density at radius 1 is 1.29 bits per heavy atom. The van der Waals surface area contributed by atoms with Crippen LogP contribution in [0.15, 0.2) is 39.8 Å². The molecule has 0 atom stereocenters. The third-order valence-corrected chi connectivity index (χ3v) is 3.27. The minimum Gasteiger partial charge on any atom is -0.305 e. The molecular weight excluding hydrogens is 308 g/mol. The third-order valence-electron chi connectivity index (χ3n) is 2.00. The number of rotatable bonds is 1. The molecule has 0 amide bonds. The van der Waals surface area contributed by atoms with E-state index < -0.39 is 0 Å². The molecule has 2 aromatic rings. The smallest absolute Gasteiger partial charge is 0.124 e. The van der Waals surface area contributed by atoms with Crippen LogP contribution in [0.2, 0.25) is 0 Å². The molecule has 1 aromatic heterocycles. The van der Waals surface area contributed by atoms with Crippen molar-refractivity contribution >= 4 is 31.9 Å². The topological polar surface area (TPSA) is 17.8 Å². The highest BCUT2D eigenvalue weighted by atomic mass is 79.9. The van der Waals surface area contributed by atoms with E-state index >= 15 is 0 Å². The summed E-state index contributed by atoms with van der Waals surface area (Å²) >= 11 is 6.82. The summed E-state index contributed by atoms with van der Waals surface area (Å²) in [6, 6.07) is 6.21. The third kappa shape index (κ3) is 1.91. The van der Waals surface area contributed by atoms with E-state index in [1.165, 1.54) is 5.56 Å². The van der Waals surface area contributed by atoms with E-state index in [1.54, 1.807) is 6.33 Å². The molecule has 1 aromatic carbocycles. The van der Waals surface area contributed by atoms with E-state index in [-0.39, 0.29) is 0 Å². The number of halogens is 2. The van der Waals surface area contributed by atoms with Gasteiger partial charge in [0.15, 0.2) is 0 Å². The van der Waals surface area contributed by atoms with Crippen molar-refractivity contribution in [1.82, 2.24) is 9.55 Å². The Bertz CT molecular complexity index is 463. The number of aryl methyl sites for hydroxylation is 1. The highest BCUT2D eigenvalue weighted by Crippen LogP contribution is 2.20. The summed E-state index contributed by atoms with van der Waals surface area (Å²) in [6.07, 6.45) is 3.71. The molecule has 0 saturated carbocycles. The maximum absolute atomic E-state index is 4.11. The van der Waals surface area contributed by atoms with Crippen molar-refractivity contribution in [2.75, 3.05) is 0 Å². The van der Waals surface area contributed by atoms with Crippen LogP contribution in [-0.2, 0) is 0 Å². The van der Waals surface area contributed by atoms with Crippen LogP contribution in [-0.4, -0.2) is 9.55 Å². The molecule has 0 aliphatic heterocycles. The zero-order valence-corrected chi connectivity index (χ0v) is 10.7. The van der Waals surface area contributed by atoms with Gasteiger partial charge in [0.2, 0.25) is 0 Å². The van der Waals surface area contributed by atoms with Gasteiger partial charge in [-0.15, -0.1) is 0 Å². The molecule has 14 heavy (non-hydrogen) atoms. The van der Waals surface area contributed by atoms with Crippen LogP contribution in [0.5, 0.6) is 0 Å². The molecule has 0 spiro atoms. The Morgan fingerprint density at radius 3 is 2.64 bits per heavy atom. The monoisotopic (exact) mass is 314 g/mol. The number of hydrogen-bond acceptors (Lipinski definition) is 1. The maximum Gasteiger partial charge on any atom is 0.124 e. The van der Waals surface area contributed by atoms with Gasteiger partial charge in [-0.2, -0.15) is 0 Å². The van der Waals surface area contributed by atoms with Crippen LogP contribution in [0.4, 0.5) is 0 Å². The first kappa shape index (κ1) is 9.93. The fourth-order valence-corrected chi connectivity index (χ4v) is 1.86. The molecule has 1 heterocycles. The Kier molecular flexibility index (Phi) is 2.74. The molecule has 0 saturated heterocycles. The first-order chi connectivity index (χ1) is 6.66. The lowest BCUT2D eigenvalue weighted by Gasteiger charge is -2.04. The van der Waals surface area contributed by atoms with Gasteiger partial charge in [0.25, 0.3) is 0 Å². The first-order valence-corrected chi connectivity index (χ1v) is 5.71. The van der Waals surface area contributed by atoms with Crippen LogP contribution in [0.1, 0.15) is 5.56 Å². The Labute approximate surface area is 99.2 Å². The summed E-state index contributed by atoms with van der Waals surface area (Å²) in [6.45, 7) is 2.07. The number of hydrogen-bond donors (Lipinski definition) is 0. The summed E-state index contributed by atoms with van der Waals surface area (Å²) in [7, 11) is 0. The van der Waals surface area contributed by atoms with Gasteiger partial charge in [-0.25, -0.2) is 4.98 Å². The number of benzene rings is 1. The van der Waals surface area contributed by atoms with E-state index in [0.29, 0.717) is 0 Å². The van der Waals surface area contributed by atoms with E-state index in [9.17, 15) is 0 Å². The van der Waals surface area contributed by atoms with Crippen LogP contribution in [0.3, 0.4) is 0 Å². The fraction of sp³-hybridized carbons (Fsp3) is 0.100. The van der Waals surface area contributed by atoms with Gasteiger partial charge in [-0.05, 0) is 40.5 Å². The average molecular weight is 316 g/mol. The zero-order valence-electron chi connectivity index (χ0n) is 7.54. The number of nitrogens with zero attached hydrogens (tertiary/aromatic N) is 2. The van der Waals surface area contributed by atoms with Crippen LogP contribution in [0, 0.1) is 6.92 Å². The minimum atomic E-state index is 0.842. The molecule has 0 radical (unpaired) electrons. The van der Waals surface area contributed by atoms with Crippen LogP contribution in [0.25, 0.3) is 5.69 Å². The van der Waals surface area contributed by atoms with Crippen LogP contribution < -0.4 is 0 Å². The molecule has 0 unspecified atom stereocenters. The van der Waals surface area contributed by atoms with Crippen molar-refractivity contribution in [2.24, 2.45) is 0 Å². The largest absolute Gasteiger partial charge is 0.305 e. The molecule has 4 heteroatoms. The Morgan fingerprint density at radius 2 is 2.07 bits per heavy atom. The molecule has 0 aliphatic rings. The van der Waals surface area contributed by atoms with Gasteiger partial charge >= 0.3 is 0 Å². The van der Waals surface area contributed by atoms with Crippen molar-refractivity contribution in [3.05, 3.63) is 45.4 Å². The van der Waals surface area contributed by atoms with E-state index in [2.05, 4.69) is 62.0 Å². The predicted molar refractivity (Wildman–Crippen MR) is 63.7 cm³/mol. The molecule has 0 N–H and O–H groups in total. The summed E-state index contributed by atoms with van der Waals surface area (Å²) < 4.78 is 3.92. The average Bonchev–Trinajstić information content (AvgIpc) is 2.57. The minimum absolute atomic E-state index is 0.842.